The van der Waals surface area contributed by atoms with Gasteiger partial charge >= 0.3 is 0 Å². The number of benzene rings is 1. The van der Waals surface area contributed by atoms with E-state index >= 15 is 0 Å². The van der Waals surface area contributed by atoms with Gasteiger partial charge in [0.1, 0.15) is 0 Å². The van der Waals surface area contributed by atoms with E-state index in [9.17, 15) is 8.78 Å². The highest BCUT2D eigenvalue weighted by Crippen LogP contribution is 2.31. The second kappa shape index (κ2) is 4.78. The maximum Gasteiger partial charge on any atom is 0.251 e. The molecular weight excluding hydrogens is 210 g/mol. The lowest BCUT2D eigenvalue weighted by Crippen LogP contribution is -2.29. The molecule has 0 amide bonds. The number of fused-ring (bicyclic) bond motifs is 1. The van der Waals surface area contributed by atoms with Crippen LogP contribution in [0.1, 0.15) is 11.5 Å². The van der Waals surface area contributed by atoms with Crippen LogP contribution in [0.25, 0.3) is 0 Å². The maximum atomic E-state index is 12.2. The molecule has 1 aliphatic rings. The number of halogens is 2. The van der Waals surface area contributed by atoms with Crippen molar-refractivity contribution in [3.05, 3.63) is 29.8 Å². The number of hydrogen-bond acceptors (Lipinski definition) is 2. The fourth-order valence-electron chi connectivity index (χ4n) is 2.21. The number of nitrogens with zero attached hydrogens (tertiary/aromatic N) is 1. The van der Waals surface area contributed by atoms with Crippen LogP contribution in [-0.2, 0) is 0 Å². The summed E-state index contributed by atoms with van der Waals surface area (Å²) in [7, 11) is 1.74. The number of para-hydroxylation sites is 1. The molecule has 1 aliphatic heterocycles. The molecular formula is C12H16F2N2. The average molecular weight is 226 g/mol. The van der Waals surface area contributed by atoms with E-state index in [2.05, 4.69) is 11.4 Å². The van der Waals surface area contributed by atoms with Gasteiger partial charge in [0, 0.05) is 24.7 Å². The molecule has 0 fully saturated rings. The minimum Gasteiger partial charge on any atom is -0.384 e. The second-order valence-corrected chi connectivity index (χ2v) is 4.28. The highest BCUT2D eigenvalue weighted by atomic mass is 19.3. The third-order valence-corrected chi connectivity index (χ3v) is 2.92. The molecule has 1 N–H and O–H groups in total. The maximum absolute atomic E-state index is 12.2. The van der Waals surface area contributed by atoms with Crippen molar-refractivity contribution < 1.29 is 8.78 Å². The lowest BCUT2D eigenvalue weighted by atomic mass is 10.0. The highest BCUT2D eigenvalue weighted by Gasteiger charge is 2.23. The monoisotopic (exact) mass is 226 g/mol. The van der Waals surface area contributed by atoms with Crippen molar-refractivity contribution in [1.29, 1.82) is 0 Å². The van der Waals surface area contributed by atoms with Gasteiger partial charge in [-0.3, -0.25) is 0 Å². The van der Waals surface area contributed by atoms with E-state index in [1.165, 1.54) is 5.56 Å². The summed E-state index contributed by atoms with van der Waals surface area (Å²) >= 11 is 0. The zero-order valence-corrected chi connectivity index (χ0v) is 9.29. The van der Waals surface area contributed by atoms with Crippen molar-refractivity contribution in [3.8, 4) is 0 Å². The first kappa shape index (κ1) is 11.3. The normalized spacial score (nSPS) is 18.9. The van der Waals surface area contributed by atoms with Gasteiger partial charge in [0.05, 0.1) is 6.54 Å². The molecule has 1 aromatic carbocycles. The smallest absolute Gasteiger partial charge is 0.251 e. The average Bonchev–Trinajstić information content (AvgIpc) is 2.61. The van der Waals surface area contributed by atoms with Gasteiger partial charge in [-0.05, 0) is 18.7 Å². The van der Waals surface area contributed by atoms with Crippen LogP contribution in [0.3, 0.4) is 0 Å². The summed E-state index contributed by atoms with van der Waals surface area (Å²) in [4.78, 5) is 1.69. The first-order valence-corrected chi connectivity index (χ1v) is 5.46. The third-order valence-electron chi connectivity index (χ3n) is 2.92. The molecule has 0 saturated carbocycles. The third kappa shape index (κ3) is 2.50. The van der Waals surface area contributed by atoms with Crippen LogP contribution >= 0.6 is 0 Å². The Kier molecular flexibility index (Phi) is 3.39. The summed E-state index contributed by atoms with van der Waals surface area (Å²) in [5.41, 5.74) is 2.38. The molecule has 2 nitrogen and oxygen atoms in total. The van der Waals surface area contributed by atoms with Gasteiger partial charge in [-0.2, -0.15) is 0 Å². The first-order valence-electron chi connectivity index (χ1n) is 5.46. The summed E-state index contributed by atoms with van der Waals surface area (Å²) in [5, 5.41) is 3.29. The summed E-state index contributed by atoms with van der Waals surface area (Å²) in [6.07, 6.45) is -2.25. The Morgan fingerprint density at radius 3 is 2.94 bits per heavy atom. The molecule has 0 aliphatic carbocycles. The quantitative estimate of drug-likeness (QED) is 0.848. The van der Waals surface area contributed by atoms with Crippen LogP contribution in [0.15, 0.2) is 24.3 Å². The summed E-state index contributed by atoms with van der Waals surface area (Å²) in [5.74, 6) is 0.319. The molecule has 1 atom stereocenters. The molecule has 88 valence electrons. The zero-order valence-electron chi connectivity index (χ0n) is 9.29. The molecule has 0 saturated heterocycles. The largest absolute Gasteiger partial charge is 0.384 e. The molecule has 16 heavy (non-hydrogen) atoms. The second-order valence-electron chi connectivity index (χ2n) is 4.28. The fourth-order valence-corrected chi connectivity index (χ4v) is 2.21. The van der Waals surface area contributed by atoms with Crippen molar-refractivity contribution in [3.63, 3.8) is 0 Å². The summed E-state index contributed by atoms with van der Waals surface area (Å²) in [6.45, 7) is 1.36. The predicted octanol–water partition coefficient (Wildman–Crippen LogP) is 2.39. The van der Waals surface area contributed by atoms with Gasteiger partial charge < -0.3 is 10.2 Å². The Bertz CT molecular complexity index is 355. The number of likely N-dealkylation sites (N-methyl/N-ethyl adjacent to an activating group) is 1. The van der Waals surface area contributed by atoms with Gasteiger partial charge in [0.2, 0.25) is 0 Å². The molecule has 0 bridgehead atoms. The van der Waals surface area contributed by atoms with Gasteiger partial charge in [-0.1, -0.05) is 18.2 Å². The van der Waals surface area contributed by atoms with Gasteiger partial charge in [0.25, 0.3) is 6.43 Å². The number of rotatable bonds is 4. The number of nitrogens with one attached hydrogen (secondary N) is 1. The summed E-state index contributed by atoms with van der Waals surface area (Å²) in [6, 6.07) is 8.07. The SMILES string of the molecule is CN(CC(F)F)CC1CNc2ccccc21. The van der Waals surface area contributed by atoms with Crippen molar-refractivity contribution in [1.82, 2.24) is 4.90 Å². The van der Waals surface area contributed by atoms with Crippen molar-refractivity contribution in [2.75, 3.05) is 32.0 Å². The van der Waals surface area contributed by atoms with Crippen molar-refractivity contribution >= 4 is 5.69 Å². The Hall–Kier alpha value is -1.16. The molecule has 0 radical (unpaired) electrons. The molecule has 0 spiro atoms. The zero-order chi connectivity index (χ0) is 11.5. The molecule has 1 aromatic rings. The predicted molar refractivity (Wildman–Crippen MR) is 61.2 cm³/mol. The number of anilines is 1. The molecule has 1 unspecified atom stereocenters. The summed E-state index contributed by atoms with van der Waals surface area (Å²) < 4.78 is 24.4. The van der Waals surface area contributed by atoms with E-state index < -0.39 is 6.43 Å². The van der Waals surface area contributed by atoms with Gasteiger partial charge in [0.15, 0.2) is 0 Å². The van der Waals surface area contributed by atoms with Crippen LogP contribution < -0.4 is 5.32 Å². The highest BCUT2D eigenvalue weighted by molar-refractivity contribution is 5.57. The van der Waals surface area contributed by atoms with Crippen LogP contribution in [0.4, 0.5) is 14.5 Å². The Morgan fingerprint density at radius 2 is 2.19 bits per heavy atom. The topological polar surface area (TPSA) is 15.3 Å². The van der Waals surface area contributed by atoms with Crippen molar-refractivity contribution in [2.24, 2.45) is 0 Å². The molecule has 0 aromatic heterocycles. The minimum atomic E-state index is -2.25. The number of alkyl halides is 2. The van der Waals surface area contributed by atoms with Crippen LogP contribution in [0, 0.1) is 0 Å². The van der Waals surface area contributed by atoms with Crippen LogP contribution in [-0.4, -0.2) is 38.0 Å². The Balaban J connectivity index is 1.98. The van der Waals surface area contributed by atoms with E-state index in [0.717, 1.165) is 12.2 Å². The van der Waals surface area contributed by atoms with Crippen molar-refractivity contribution in [2.45, 2.75) is 12.3 Å². The lowest BCUT2D eigenvalue weighted by Gasteiger charge is -2.20. The lowest BCUT2D eigenvalue weighted by molar-refractivity contribution is 0.0983. The molecule has 1 heterocycles. The van der Waals surface area contributed by atoms with Gasteiger partial charge in [-0.25, -0.2) is 8.78 Å². The molecule has 2 rings (SSSR count). The Morgan fingerprint density at radius 1 is 1.44 bits per heavy atom. The van der Waals surface area contributed by atoms with E-state index in [0.29, 0.717) is 12.5 Å². The Labute approximate surface area is 94.3 Å². The first-order chi connectivity index (χ1) is 7.66. The van der Waals surface area contributed by atoms with Crippen LogP contribution in [0.2, 0.25) is 0 Å². The molecule has 4 heteroatoms. The minimum absolute atomic E-state index is 0.154. The van der Waals surface area contributed by atoms with E-state index in [4.69, 9.17) is 0 Å². The fraction of sp³-hybridized carbons (Fsp3) is 0.500. The van der Waals surface area contributed by atoms with E-state index in [1.807, 2.05) is 18.2 Å². The van der Waals surface area contributed by atoms with Gasteiger partial charge in [-0.15, -0.1) is 0 Å². The standard InChI is InChI=1S/C12H16F2N2/c1-16(8-12(13)14)7-9-6-15-11-5-3-2-4-10(9)11/h2-5,9,12,15H,6-8H2,1H3. The van der Waals surface area contributed by atoms with Crippen LogP contribution in [0.5, 0.6) is 0 Å². The van der Waals surface area contributed by atoms with E-state index in [-0.39, 0.29) is 6.54 Å². The van der Waals surface area contributed by atoms with E-state index in [1.54, 1.807) is 11.9 Å². The number of hydrogen-bond donors (Lipinski definition) is 1.